The first-order valence-corrected chi connectivity index (χ1v) is 12.1. The van der Waals surface area contributed by atoms with Gasteiger partial charge in [-0.15, -0.1) is 0 Å². The Labute approximate surface area is 211 Å². The van der Waals surface area contributed by atoms with Crippen LogP contribution in [0.4, 0.5) is 10.5 Å². The average molecular weight is 537 g/mol. The number of carbonyl (C=O) groups excluding carboxylic acids is 2. The van der Waals surface area contributed by atoms with Crippen LogP contribution in [0.3, 0.4) is 0 Å². The van der Waals surface area contributed by atoms with Crippen LogP contribution in [-0.4, -0.2) is 35.7 Å². The minimum absolute atomic E-state index is 0.0662. The maximum atomic E-state index is 12.6. The van der Waals surface area contributed by atoms with E-state index in [-0.39, 0.29) is 18.1 Å². The van der Waals surface area contributed by atoms with E-state index in [1.54, 1.807) is 12.1 Å². The Balaban J connectivity index is 1.43. The molecular weight excluding hydrogens is 512 g/mol. The van der Waals surface area contributed by atoms with Crippen LogP contribution in [0.1, 0.15) is 47.2 Å². The lowest BCUT2D eigenvalue weighted by Gasteiger charge is -2.16. The summed E-state index contributed by atoms with van der Waals surface area (Å²) >= 11 is 3.34. The van der Waals surface area contributed by atoms with Crippen LogP contribution in [0.25, 0.3) is 11.1 Å². The van der Waals surface area contributed by atoms with Crippen molar-refractivity contribution >= 4 is 39.6 Å². The number of halogens is 1. The van der Waals surface area contributed by atoms with Crippen molar-refractivity contribution in [3.8, 4) is 11.1 Å². The number of benzene rings is 3. The van der Waals surface area contributed by atoms with Gasteiger partial charge in [-0.3, -0.25) is 10.1 Å². The highest BCUT2D eigenvalue weighted by Crippen LogP contribution is 2.44. The number of nitrogens with one attached hydrogen (secondary N) is 2. The van der Waals surface area contributed by atoms with Gasteiger partial charge in [0.05, 0.1) is 0 Å². The van der Waals surface area contributed by atoms with Crippen molar-refractivity contribution in [2.24, 2.45) is 0 Å². The number of hydrogen-bond donors (Lipinski definition) is 3. The Bertz CT molecular complexity index is 1230. The number of ether oxygens (including phenoxy) is 1. The summed E-state index contributed by atoms with van der Waals surface area (Å²) in [5.74, 6) is -1.70. The van der Waals surface area contributed by atoms with Gasteiger partial charge in [-0.2, -0.15) is 0 Å². The maximum Gasteiger partial charge on any atom is 0.411 e. The van der Waals surface area contributed by atoms with Crippen molar-refractivity contribution in [1.29, 1.82) is 0 Å². The number of rotatable bonds is 8. The lowest BCUT2D eigenvalue weighted by Crippen LogP contribution is -2.40. The Kier molecular flexibility index (Phi) is 7.51. The van der Waals surface area contributed by atoms with Gasteiger partial charge in [-0.05, 0) is 46.9 Å². The topological polar surface area (TPSA) is 105 Å². The lowest BCUT2D eigenvalue weighted by molar-refractivity contribution is -0.139. The number of carboxylic acids is 1. The first-order chi connectivity index (χ1) is 16.9. The second-order valence-electron chi connectivity index (χ2n) is 8.33. The van der Waals surface area contributed by atoms with E-state index in [9.17, 15) is 19.5 Å². The molecule has 0 bridgehead atoms. The minimum Gasteiger partial charge on any atom is -0.480 e. The molecule has 35 heavy (non-hydrogen) atoms. The summed E-state index contributed by atoms with van der Waals surface area (Å²) in [7, 11) is 0. The molecule has 0 radical (unpaired) electrons. The Hall–Kier alpha value is -3.65. The maximum absolute atomic E-state index is 12.6. The van der Waals surface area contributed by atoms with Gasteiger partial charge in [0.15, 0.2) is 0 Å². The summed E-state index contributed by atoms with van der Waals surface area (Å²) in [6.45, 7) is 2.01. The number of hydrogen-bond acceptors (Lipinski definition) is 4. The fraction of sp³-hybridized carbons (Fsp3) is 0.222. The molecule has 4 rings (SSSR count). The lowest BCUT2D eigenvalue weighted by atomic mass is 9.98. The zero-order chi connectivity index (χ0) is 24.9. The predicted octanol–water partition coefficient (Wildman–Crippen LogP) is 5.79. The molecule has 8 heteroatoms. The number of amides is 2. The average Bonchev–Trinajstić information content (AvgIpc) is 3.15. The van der Waals surface area contributed by atoms with E-state index >= 15 is 0 Å². The number of fused-ring (bicyclic) bond motifs is 3. The van der Waals surface area contributed by atoms with Crippen LogP contribution in [0.2, 0.25) is 0 Å². The summed E-state index contributed by atoms with van der Waals surface area (Å²) in [6, 6.07) is 19.9. The van der Waals surface area contributed by atoms with Crippen molar-refractivity contribution in [1.82, 2.24) is 5.32 Å². The molecule has 0 aliphatic heterocycles. The normalized spacial score (nSPS) is 12.9. The minimum atomic E-state index is -1.09. The first kappa shape index (κ1) is 24.5. The van der Waals surface area contributed by atoms with E-state index in [2.05, 4.69) is 38.7 Å². The third kappa shape index (κ3) is 5.54. The molecule has 0 saturated carbocycles. The molecule has 0 spiro atoms. The van der Waals surface area contributed by atoms with Gasteiger partial charge < -0.3 is 15.2 Å². The van der Waals surface area contributed by atoms with Crippen molar-refractivity contribution in [3.05, 3.63) is 87.9 Å². The van der Waals surface area contributed by atoms with E-state index in [1.807, 2.05) is 43.3 Å². The highest BCUT2D eigenvalue weighted by Gasteiger charge is 2.29. The van der Waals surface area contributed by atoms with Gasteiger partial charge in [0, 0.05) is 21.6 Å². The van der Waals surface area contributed by atoms with Gasteiger partial charge in [0.25, 0.3) is 5.91 Å². The highest BCUT2D eigenvalue weighted by molar-refractivity contribution is 9.10. The van der Waals surface area contributed by atoms with Crippen molar-refractivity contribution in [2.45, 2.75) is 31.7 Å². The summed E-state index contributed by atoms with van der Waals surface area (Å²) in [5.41, 5.74) is 5.08. The molecule has 1 atom stereocenters. The second-order valence-corrected chi connectivity index (χ2v) is 9.25. The van der Waals surface area contributed by atoms with Crippen molar-refractivity contribution in [2.75, 3.05) is 11.9 Å². The number of carboxylic acid groups (broad SMARTS) is 1. The molecule has 0 aromatic heterocycles. The molecule has 0 heterocycles. The van der Waals surface area contributed by atoms with Crippen LogP contribution in [0.5, 0.6) is 0 Å². The molecule has 3 aromatic carbocycles. The summed E-state index contributed by atoms with van der Waals surface area (Å²) in [5, 5.41) is 14.5. The first-order valence-electron chi connectivity index (χ1n) is 11.3. The van der Waals surface area contributed by atoms with Crippen molar-refractivity contribution < 1.29 is 24.2 Å². The van der Waals surface area contributed by atoms with Gasteiger partial charge in [0.2, 0.25) is 0 Å². The van der Waals surface area contributed by atoms with Crippen LogP contribution < -0.4 is 10.6 Å². The van der Waals surface area contributed by atoms with Gasteiger partial charge in [0.1, 0.15) is 12.6 Å². The van der Waals surface area contributed by atoms with E-state index in [0.29, 0.717) is 23.0 Å². The Morgan fingerprint density at radius 3 is 2.23 bits per heavy atom. The molecular formula is C27H25BrN2O5. The Morgan fingerprint density at radius 1 is 1.00 bits per heavy atom. The van der Waals surface area contributed by atoms with E-state index in [4.69, 9.17) is 4.74 Å². The van der Waals surface area contributed by atoms with E-state index < -0.39 is 24.0 Å². The molecule has 0 fully saturated rings. The highest BCUT2D eigenvalue weighted by atomic mass is 79.9. The molecule has 180 valence electrons. The van der Waals surface area contributed by atoms with Gasteiger partial charge in [-0.25, -0.2) is 9.59 Å². The molecule has 0 saturated heterocycles. The van der Waals surface area contributed by atoms with Crippen LogP contribution in [0.15, 0.2) is 71.2 Å². The molecule has 1 aliphatic rings. The Morgan fingerprint density at radius 2 is 1.63 bits per heavy atom. The molecule has 3 N–H and O–H groups in total. The van der Waals surface area contributed by atoms with Crippen LogP contribution >= 0.6 is 15.9 Å². The fourth-order valence-electron chi connectivity index (χ4n) is 4.33. The quantitative estimate of drug-likeness (QED) is 0.337. The third-order valence-corrected chi connectivity index (χ3v) is 6.39. The zero-order valence-electron chi connectivity index (χ0n) is 19.1. The summed E-state index contributed by atoms with van der Waals surface area (Å²) < 4.78 is 6.13. The summed E-state index contributed by atoms with van der Waals surface area (Å²) in [6.07, 6.45) is 0.287. The standard InChI is InChI=1S/C27H25BrN2O5/c1-2-7-24(26(32)33)30-25(31)16-12-17(28)14-18(13-16)29-27(34)35-15-23-21-10-5-3-8-19(21)20-9-4-6-11-22(20)23/h3-6,8-14,23-24H,2,7,15H2,1H3,(H,29,34)(H,30,31)(H,32,33)/t24-/m1/s1. The smallest absolute Gasteiger partial charge is 0.411 e. The number of carbonyl (C=O) groups is 3. The molecule has 0 unspecified atom stereocenters. The zero-order valence-corrected chi connectivity index (χ0v) is 20.7. The van der Waals surface area contributed by atoms with E-state index in [1.165, 1.54) is 6.07 Å². The van der Waals surface area contributed by atoms with Gasteiger partial charge >= 0.3 is 12.1 Å². The molecule has 2 amide bonds. The number of anilines is 1. The second kappa shape index (κ2) is 10.7. The van der Waals surface area contributed by atoms with Crippen LogP contribution in [0, 0.1) is 0 Å². The predicted molar refractivity (Wildman–Crippen MR) is 137 cm³/mol. The molecule has 1 aliphatic carbocycles. The molecule has 3 aromatic rings. The number of aliphatic carboxylic acids is 1. The SMILES string of the molecule is CCC[C@@H](NC(=O)c1cc(Br)cc(NC(=O)OCC2c3ccccc3-c3ccccc32)c1)C(=O)O. The van der Waals surface area contributed by atoms with Gasteiger partial charge in [-0.1, -0.05) is 77.8 Å². The molecule has 7 nitrogen and oxygen atoms in total. The summed E-state index contributed by atoms with van der Waals surface area (Å²) in [4.78, 5) is 36.6. The third-order valence-electron chi connectivity index (χ3n) is 5.93. The van der Waals surface area contributed by atoms with E-state index in [0.717, 1.165) is 22.3 Å². The monoisotopic (exact) mass is 536 g/mol. The largest absolute Gasteiger partial charge is 0.480 e. The van der Waals surface area contributed by atoms with Crippen molar-refractivity contribution in [3.63, 3.8) is 0 Å². The fourth-order valence-corrected chi connectivity index (χ4v) is 4.83. The van der Waals surface area contributed by atoms with Crippen LogP contribution in [-0.2, 0) is 9.53 Å².